The zero-order valence-corrected chi connectivity index (χ0v) is 9.97. The second-order valence-corrected chi connectivity index (χ2v) is 3.64. The van der Waals surface area contributed by atoms with E-state index in [9.17, 15) is 0 Å². The van der Waals surface area contributed by atoms with Crippen LogP contribution in [0.4, 0.5) is 5.95 Å². The number of imidazole rings is 1. The number of benzene rings is 1. The van der Waals surface area contributed by atoms with Gasteiger partial charge < -0.3 is 14.6 Å². The van der Waals surface area contributed by atoms with Crippen molar-refractivity contribution < 1.29 is 4.74 Å². The van der Waals surface area contributed by atoms with E-state index in [0.29, 0.717) is 6.61 Å². The Labute approximate surface area is 101 Å². The van der Waals surface area contributed by atoms with Crippen molar-refractivity contribution in [3.63, 3.8) is 0 Å². The second kappa shape index (κ2) is 5.94. The van der Waals surface area contributed by atoms with Gasteiger partial charge in [0.2, 0.25) is 5.95 Å². The molecule has 90 valence electrons. The molecule has 4 heteroatoms. The SMILES string of the molecule is CCNc1nccn1CCOc1ccccc1. The van der Waals surface area contributed by atoms with Gasteiger partial charge in [-0.3, -0.25) is 0 Å². The molecule has 1 aromatic carbocycles. The first kappa shape index (κ1) is 11.5. The van der Waals surface area contributed by atoms with E-state index in [2.05, 4.69) is 17.2 Å². The number of nitrogens with one attached hydrogen (secondary N) is 1. The van der Waals surface area contributed by atoms with Gasteiger partial charge in [0.25, 0.3) is 0 Å². The van der Waals surface area contributed by atoms with Crippen molar-refractivity contribution in [1.82, 2.24) is 9.55 Å². The van der Waals surface area contributed by atoms with Gasteiger partial charge in [-0.25, -0.2) is 4.98 Å². The van der Waals surface area contributed by atoms with Gasteiger partial charge >= 0.3 is 0 Å². The molecule has 17 heavy (non-hydrogen) atoms. The molecule has 0 aliphatic heterocycles. The fourth-order valence-electron chi connectivity index (χ4n) is 1.59. The summed E-state index contributed by atoms with van der Waals surface area (Å²) in [6.45, 7) is 4.35. The van der Waals surface area contributed by atoms with Crippen LogP contribution in [0.25, 0.3) is 0 Å². The molecule has 2 rings (SSSR count). The predicted octanol–water partition coefficient (Wildman–Crippen LogP) is 2.39. The van der Waals surface area contributed by atoms with E-state index in [1.54, 1.807) is 6.20 Å². The molecular weight excluding hydrogens is 214 g/mol. The first-order chi connectivity index (χ1) is 8.40. The van der Waals surface area contributed by atoms with Crippen LogP contribution in [0, 0.1) is 0 Å². The lowest BCUT2D eigenvalue weighted by atomic mass is 10.3. The molecule has 1 N–H and O–H groups in total. The van der Waals surface area contributed by atoms with Crippen molar-refractivity contribution in [3.8, 4) is 5.75 Å². The Morgan fingerprint density at radius 1 is 1.29 bits per heavy atom. The Hall–Kier alpha value is -1.97. The monoisotopic (exact) mass is 231 g/mol. The first-order valence-corrected chi connectivity index (χ1v) is 5.83. The highest BCUT2D eigenvalue weighted by Gasteiger charge is 2.00. The fraction of sp³-hybridized carbons (Fsp3) is 0.308. The normalized spacial score (nSPS) is 10.2. The van der Waals surface area contributed by atoms with E-state index in [4.69, 9.17) is 4.74 Å². The van der Waals surface area contributed by atoms with E-state index in [-0.39, 0.29) is 0 Å². The molecule has 0 unspecified atom stereocenters. The smallest absolute Gasteiger partial charge is 0.202 e. The Morgan fingerprint density at radius 3 is 2.88 bits per heavy atom. The number of rotatable bonds is 6. The van der Waals surface area contributed by atoms with Crippen LogP contribution >= 0.6 is 0 Å². The highest BCUT2D eigenvalue weighted by atomic mass is 16.5. The summed E-state index contributed by atoms with van der Waals surface area (Å²) < 4.78 is 7.68. The van der Waals surface area contributed by atoms with E-state index in [1.165, 1.54) is 0 Å². The van der Waals surface area contributed by atoms with Gasteiger partial charge in [0.05, 0.1) is 6.54 Å². The number of hydrogen-bond donors (Lipinski definition) is 1. The molecule has 0 spiro atoms. The Bertz CT molecular complexity index is 439. The highest BCUT2D eigenvalue weighted by Crippen LogP contribution is 2.09. The molecule has 0 bridgehead atoms. The van der Waals surface area contributed by atoms with Crippen LogP contribution in [0.3, 0.4) is 0 Å². The molecule has 0 aliphatic carbocycles. The summed E-state index contributed by atoms with van der Waals surface area (Å²) in [4.78, 5) is 4.23. The minimum atomic E-state index is 0.638. The highest BCUT2D eigenvalue weighted by molar-refractivity contribution is 5.25. The summed E-state index contributed by atoms with van der Waals surface area (Å²) in [7, 11) is 0. The van der Waals surface area contributed by atoms with Gasteiger partial charge in [-0.05, 0) is 19.1 Å². The molecule has 0 aliphatic rings. The maximum atomic E-state index is 5.64. The number of nitrogens with zero attached hydrogens (tertiary/aromatic N) is 2. The number of para-hydroxylation sites is 1. The summed E-state index contributed by atoms with van der Waals surface area (Å²) in [5, 5.41) is 3.20. The van der Waals surface area contributed by atoms with Crippen molar-refractivity contribution in [1.29, 1.82) is 0 Å². The molecule has 0 saturated carbocycles. The third kappa shape index (κ3) is 3.24. The largest absolute Gasteiger partial charge is 0.492 e. The zero-order chi connectivity index (χ0) is 11.9. The van der Waals surface area contributed by atoms with E-state index in [0.717, 1.165) is 24.8 Å². The molecule has 0 fully saturated rings. The summed E-state index contributed by atoms with van der Waals surface area (Å²) >= 11 is 0. The van der Waals surface area contributed by atoms with Crippen LogP contribution < -0.4 is 10.1 Å². The topological polar surface area (TPSA) is 39.1 Å². The summed E-state index contributed by atoms with van der Waals surface area (Å²) in [5.74, 6) is 1.79. The van der Waals surface area contributed by atoms with Crippen LogP contribution in [-0.2, 0) is 6.54 Å². The quantitative estimate of drug-likeness (QED) is 0.829. The van der Waals surface area contributed by atoms with Crippen molar-refractivity contribution in [2.75, 3.05) is 18.5 Å². The van der Waals surface area contributed by atoms with Crippen LogP contribution in [-0.4, -0.2) is 22.7 Å². The van der Waals surface area contributed by atoms with E-state index >= 15 is 0 Å². The lowest BCUT2D eigenvalue weighted by Crippen LogP contribution is -2.11. The van der Waals surface area contributed by atoms with Crippen LogP contribution in [0.15, 0.2) is 42.7 Å². The molecule has 1 heterocycles. The summed E-state index contributed by atoms with van der Waals surface area (Å²) in [6.07, 6.45) is 3.74. The van der Waals surface area contributed by atoms with Crippen LogP contribution in [0.1, 0.15) is 6.92 Å². The maximum absolute atomic E-state index is 5.64. The van der Waals surface area contributed by atoms with Gasteiger partial charge in [-0.15, -0.1) is 0 Å². The van der Waals surface area contributed by atoms with Crippen LogP contribution in [0.5, 0.6) is 5.75 Å². The minimum Gasteiger partial charge on any atom is -0.492 e. The lowest BCUT2D eigenvalue weighted by molar-refractivity contribution is 0.299. The molecule has 0 saturated heterocycles. The van der Waals surface area contributed by atoms with E-state index in [1.807, 2.05) is 41.1 Å². The third-order valence-corrected chi connectivity index (χ3v) is 2.39. The van der Waals surface area contributed by atoms with Crippen molar-refractivity contribution in [3.05, 3.63) is 42.7 Å². The van der Waals surface area contributed by atoms with Crippen molar-refractivity contribution in [2.24, 2.45) is 0 Å². The van der Waals surface area contributed by atoms with Gasteiger partial charge in [0.1, 0.15) is 12.4 Å². The Kier molecular flexibility index (Phi) is 4.02. The third-order valence-electron chi connectivity index (χ3n) is 2.39. The molecule has 0 atom stereocenters. The van der Waals surface area contributed by atoms with Crippen molar-refractivity contribution >= 4 is 5.95 Å². The molecule has 0 amide bonds. The van der Waals surface area contributed by atoms with E-state index < -0.39 is 0 Å². The first-order valence-electron chi connectivity index (χ1n) is 5.83. The van der Waals surface area contributed by atoms with Gasteiger partial charge in [-0.2, -0.15) is 0 Å². The number of aromatic nitrogens is 2. The Balaban J connectivity index is 1.84. The molecule has 1 aromatic heterocycles. The average Bonchev–Trinajstić information content (AvgIpc) is 2.79. The number of ether oxygens (including phenoxy) is 1. The lowest BCUT2D eigenvalue weighted by Gasteiger charge is -2.09. The molecular formula is C13H17N3O. The maximum Gasteiger partial charge on any atom is 0.202 e. The fourth-order valence-corrected chi connectivity index (χ4v) is 1.59. The van der Waals surface area contributed by atoms with Crippen LogP contribution in [0.2, 0.25) is 0 Å². The molecule has 0 radical (unpaired) electrons. The molecule has 4 nitrogen and oxygen atoms in total. The number of anilines is 1. The zero-order valence-electron chi connectivity index (χ0n) is 9.97. The predicted molar refractivity (Wildman–Crippen MR) is 68.3 cm³/mol. The summed E-state index contributed by atoms with van der Waals surface area (Å²) in [5.41, 5.74) is 0. The Morgan fingerprint density at radius 2 is 2.12 bits per heavy atom. The van der Waals surface area contributed by atoms with Crippen molar-refractivity contribution in [2.45, 2.75) is 13.5 Å². The van der Waals surface area contributed by atoms with Gasteiger partial charge in [0, 0.05) is 18.9 Å². The summed E-state index contributed by atoms with van der Waals surface area (Å²) in [6, 6.07) is 9.83. The number of hydrogen-bond acceptors (Lipinski definition) is 3. The average molecular weight is 231 g/mol. The standard InChI is InChI=1S/C13H17N3O/c1-2-14-13-15-8-9-16(13)10-11-17-12-6-4-3-5-7-12/h3-9H,2,10-11H2,1H3,(H,14,15). The van der Waals surface area contributed by atoms with Gasteiger partial charge in [-0.1, -0.05) is 18.2 Å². The minimum absolute atomic E-state index is 0.638. The second-order valence-electron chi connectivity index (χ2n) is 3.64. The van der Waals surface area contributed by atoms with Gasteiger partial charge in [0.15, 0.2) is 0 Å². The molecule has 2 aromatic rings.